The Hall–Kier alpha value is -8.25. The number of pyridine rings is 1. The molecule has 94 heavy (non-hydrogen) atoms. The van der Waals surface area contributed by atoms with Crippen LogP contribution in [0.5, 0.6) is 0 Å². The zero-order chi connectivity index (χ0) is 70.9. The highest BCUT2D eigenvalue weighted by Crippen LogP contribution is 2.25. The van der Waals surface area contributed by atoms with Crippen molar-refractivity contribution in [3.8, 4) is 0 Å². The van der Waals surface area contributed by atoms with Crippen LogP contribution < -0.4 is 76.1 Å². The van der Waals surface area contributed by atoms with Gasteiger partial charge in [0.15, 0.2) is 18.2 Å². The first-order valence-corrected chi connectivity index (χ1v) is 34.7. The van der Waals surface area contributed by atoms with E-state index in [1.54, 1.807) is 39.8 Å². The summed E-state index contributed by atoms with van der Waals surface area (Å²) in [7, 11) is -2.03. The van der Waals surface area contributed by atoms with E-state index in [0.717, 1.165) is 6.92 Å². The van der Waals surface area contributed by atoms with Crippen LogP contribution in [0, 0.1) is 17.8 Å². The largest absolute Gasteiger partial charge is 0.453 e. The maximum absolute atomic E-state index is 15.5. The molecule has 1 aliphatic heterocycles. The topological polar surface area (TPSA) is 548 Å². The lowest BCUT2D eigenvalue weighted by molar-refractivity contribution is -0.159. The molecule has 10 amide bonds. The van der Waals surface area contributed by atoms with Gasteiger partial charge in [0.05, 0.1) is 31.4 Å². The summed E-state index contributed by atoms with van der Waals surface area (Å²) in [6.07, 6.45) is -7.97. The van der Waals surface area contributed by atoms with Crippen LogP contribution >= 0.6 is 0 Å². The molecule has 33 nitrogen and oxygen atoms in total. The average Bonchev–Trinajstić information content (AvgIpc) is 0.965. The van der Waals surface area contributed by atoms with Crippen molar-refractivity contribution in [2.75, 3.05) is 19.7 Å². The number of aliphatic hydroxyl groups excluding tert-OH is 5. The zero-order valence-electron chi connectivity index (χ0n) is 54.8. The second-order valence-electron chi connectivity index (χ2n) is 25.3. The number of hydrogen-bond acceptors (Lipinski definition) is 21. The van der Waals surface area contributed by atoms with Crippen LogP contribution in [-0.4, -0.2) is 214 Å². The van der Waals surface area contributed by atoms with Crippen LogP contribution in [0.1, 0.15) is 91.4 Å². The molecule has 16 atom stereocenters. The van der Waals surface area contributed by atoms with Crippen molar-refractivity contribution in [2.24, 2.45) is 45.7 Å². The summed E-state index contributed by atoms with van der Waals surface area (Å²) in [5, 5.41) is 80.4. The van der Waals surface area contributed by atoms with Gasteiger partial charge in [0.25, 0.3) is 0 Å². The van der Waals surface area contributed by atoms with E-state index in [-0.39, 0.29) is 56.2 Å². The molecule has 0 aliphatic carbocycles. The van der Waals surface area contributed by atoms with E-state index < -0.39 is 195 Å². The zero-order valence-corrected chi connectivity index (χ0v) is 55.8. The number of ether oxygens (including phenoxy) is 1. The number of hydrogen-bond donors (Lipinski definition) is 19. The molecular formula is C60H98N16O17Si. The first-order chi connectivity index (χ1) is 44.0. The molecule has 0 radical (unpaired) electrons. The number of carbonyl (C=O) groups excluding carboxylic acids is 11. The summed E-state index contributed by atoms with van der Waals surface area (Å²) in [5.41, 5.74) is 23.2. The van der Waals surface area contributed by atoms with Crippen LogP contribution in [0.2, 0.25) is 25.7 Å². The van der Waals surface area contributed by atoms with Gasteiger partial charge >= 0.3 is 5.97 Å². The SMILES string of the molecule is CC[C@H](C)C1NC(=O)[C@@H](CCCN=C(N)N)NC(=O)[C@H](CC(C)C)NC(=O)[C@H]([C@H](O)C(C)C)NC(=O)[C@@H](NC(=O)[C@H](Cc2cccnc2)NC(=O)[C@H](N)C[Si](C)(C)C)[C@@H](c2ccccc2)OC(=O)[C@H](CO)NC(O)[C@H]([C@H](O)C(N)=O)NC(=O)CNC(=O)[C@H]([C@H](C)O)NC1=O. The van der Waals surface area contributed by atoms with Crippen LogP contribution in [0.15, 0.2) is 59.9 Å². The molecule has 3 rings (SSSR count). The van der Waals surface area contributed by atoms with Gasteiger partial charge in [-0.25, -0.2) is 0 Å². The van der Waals surface area contributed by atoms with E-state index in [9.17, 15) is 68.7 Å². The standard InChI is InChI=1S/C60H98N16O17Si/c1-11-31(6)41-55(88)74-42(32(7)78)54(87)67-26-40(79)72-44(47(81)49(62)82)57(90)71-39(27-77)59(92)93-48(34-18-13-12-14-19-34)45(76-53(86)38(24-33-17-15-21-65-25-33)69-50(83)35(61)28-94(8,9)10)58(91)75-43(46(80)30(4)5)56(89)70-37(23-29(2)3)52(85)68-36(51(84)73-41)20-16-22-66-60(63)64/h12-15,17-19,21,25,29-32,35-39,41-48,57,71,77-78,80-81,90H,11,16,20,22-24,26-28,61H2,1-10H3,(H2,62,82)(H,67,87)(H,68,85)(H,69,83)(H,70,89)(H,72,79)(H,73,84)(H,74,88)(H,75,91)(H,76,86)(H4,63,64,66)/t31-,32-,35+,36+,37-,38-,39-,41?,42-,43-,44-,45-,46+,47-,48+,57?/m0/s1. The van der Waals surface area contributed by atoms with Gasteiger partial charge in [0, 0.05) is 33.4 Å². The highest BCUT2D eigenvalue weighted by molar-refractivity contribution is 6.76. The Morgan fingerprint density at radius 3 is 1.91 bits per heavy atom. The average molecular weight is 1340 g/mol. The Morgan fingerprint density at radius 1 is 0.755 bits per heavy atom. The normalized spacial score (nSPS) is 25.0. The van der Waals surface area contributed by atoms with Gasteiger partial charge in [-0.1, -0.05) is 104 Å². The number of aliphatic imine (C=N–C) groups is 1. The molecule has 2 heterocycles. The third kappa shape index (κ3) is 25.9. The number of carbonyl (C=O) groups is 11. The van der Waals surface area contributed by atoms with Crippen molar-refractivity contribution >= 4 is 79.1 Å². The van der Waals surface area contributed by atoms with E-state index >= 15 is 9.59 Å². The Morgan fingerprint density at radius 2 is 1.36 bits per heavy atom. The Labute approximate surface area is 547 Å². The second-order valence-corrected chi connectivity index (χ2v) is 30.8. The van der Waals surface area contributed by atoms with E-state index in [4.69, 9.17) is 27.7 Å². The number of nitrogens with one attached hydrogen (secondary N) is 10. The first-order valence-electron chi connectivity index (χ1n) is 31.0. The van der Waals surface area contributed by atoms with E-state index in [0.29, 0.717) is 5.56 Å². The number of nitrogens with two attached hydrogens (primary N) is 4. The summed E-state index contributed by atoms with van der Waals surface area (Å²) in [4.78, 5) is 165. The predicted octanol–water partition coefficient (Wildman–Crippen LogP) is -5.76. The van der Waals surface area contributed by atoms with E-state index in [1.807, 2.05) is 19.6 Å². The fourth-order valence-electron chi connectivity index (χ4n) is 9.78. The third-order valence-corrected chi connectivity index (χ3v) is 16.8. The molecule has 1 aliphatic rings. The summed E-state index contributed by atoms with van der Waals surface area (Å²) in [5.74, 6) is -15.2. The molecular weight excluding hydrogens is 1240 g/mol. The number of esters is 1. The molecule has 2 unspecified atom stereocenters. The summed E-state index contributed by atoms with van der Waals surface area (Å²) in [6, 6.07) is -7.20. The van der Waals surface area contributed by atoms with Crippen molar-refractivity contribution in [2.45, 2.75) is 197 Å². The third-order valence-electron chi connectivity index (χ3n) is 15.2. The minimum Gasteiger partial charge on any atom is -0.453 e. The van der Waals surface area contributed by atoms with Gasteiger partial charge in [0.1, 0.15) is 60.6 Å². The van der Waals surface area contributed by atoms with Gasteiger partial charge < -0.3 is 101 Å². The monoisotopic (exact) mass is 1340 g/mol. The molecule has 2 aromatic rings. The summed E-state index contributed by atoms with van der Waals surface area (Å²) in [6.45, 7) is 14.3. The smallest absolute Gasteiger partial charge is 0.326 e. The molecule has 1 fully saturated rings. The number of aromatic nitrogens is 1. The van der Waals surface area contributed by atoms with Crippen molar-refractivity contribution in [1.29, 1.82) is 0 Å². The van der Waals surface area contributed by atoms with Gasteiger partial charge in [0.2, 0.25) is 59.1 Å². The van der Waals surface area contributed by atoms with Crippen molar-refractivity contribution in [1.82, 2.24) is 58.2 Å². The first kappa shape index (κ1) is 80.0. The molecule has 1 saturated heterocycles. The number of cyclic esters (lactones) is 1. The van der Waals surface area contributed by atoms with E-state index in [2.05, 4.69) is 63.1 Å². The number of nitrogens with zero attached hydrogens (tertiary/aromatic N) is 2. The Bertz CT molecular complexity index is 2910. The highest BCUT2D eigenvalue weighted by Gasteiger charge is 2.44. The molecule has 0 bridgehead atoms. The lowest BCUT2D eigenvalue weighted by Gasteiger charge is -2.34. The van der Waals surface area contributed by atoms with Crippen molar-refractivity contribution in [3.05, 3.63) is 66.0 Å². The minimum atomic E-state index is -2.49. The molecule has 0 spiro atoms. The van der Waals surface area contributed by atoms with Crippen LogP contribution in [0.3, 0.4) is 0 Å². The number of amides is 10. The summed E-state index contributed by atoms with van der Waals surface area (Å²) >= 11 is 0. The van der Waals surface area contributed by atoms with Gasteiger partial charge in [-0.2, -0.15) is 0 Å². The number of rotatable bonds is 23. The molecule has 0 saturated carbocycles. The van der Waals surface area contributed by atoms with Crippen LogP contribution in [0.25, 0.3) is 0 Å². The molecule has 23 N–H and O–H groups in total. The molecule has 1 aromatic heterocycles. The quantitative estimate of drug-likeness (QED) is 0.0162. The van der Waals surface area contributed by atoms with Gasteiger partial charge in [-0.15, -0.1) is 0 Å². The van der Waals surface area contributed by atoms with E-state index in [1.165, 1.54) is 56.6 Å². The molecule has 524 valence electrons. The number of primary amides is 1. The maximum Gasteiger partial charge on any atom is 0.326 e. The predicted molar refractivity (Wildman–Crippen MR) is 344 cm³/mol. The number of benzene rings is 1. The molecule has 34 heteroatoms. The summed E-state index contributed by atoms with van der Waals surface area (Å²) < 4.78 is 6.00. The Balaban J connectivity index is 2.44. The van der Waals surface area contributed by atoms with Gasteiger partial charge in [-0.3, -0.25) is 68.0 Å². The lowest BCUT2D eigenvalue weighted by Crippen LogP contribution is -2.64. The second kappa shape index (κ2) is 38.2. The molecule has 1 aromatic carbocycles. The van der Waals surface area contributed by atoms with Gasteiger partial charge in [-0.05, 0) is 67.2 Å². The Kier molecular flexibility index (Phi) is 32.5. The minimum absolute atomic E-state index is 0.0439. The fraction of sp³-hybridized carbons (Fsp3) is 0.617. The van der Waals surface area contributed by atoms with Crippen LogP contribution in [-0.2, 0) is 63.9 Å². The van der Waals surface area contributed by atoms with Crippen molar-refractivity contribution in [3.63, 3.8) is 0 Å². The number of aliphatic hydroxyl groups is 5. The highest BCUT2D eigenvalue weighted by atomic mass is 28.3. The van der Waals surface area contributed by atoms with Crippen molar-refractivity contribution < 1.29 is 83.0 Å². The lowest BCUT2D eigenvalue weighted by atomic mass is 9.95. The number of guanidine groups is 1. The van der Waals surface area contributed by atoms with Crippen LogP contribution in [0.4, 0.5) is 0 Å². The maximum atomic E-state index is 15.5. The fourth-order valence-corrected chi connectivity index (χ4v) is 11.3.